The molecule has 0 bridgehead atoms. The van der Waals surface area contributed by atoms with E-state index < -0.39 is 0 Å². The lowest BCUT2D eigenvalue weighted by atomic mass is 10.4. The molecule has 0 atom stereocenters. The summed E-state index contributed by atoms with van der Waals surface area (Å²) < 4.78 is 0.703. The lowest BCUT2D eigenvalue weighted by Crippen LogP contribution is -2.31. The van der Waals surface area contributed by atoms with Crippen LogP contribution in [-0.4, -0.2) is 33.1 Å². The van der Waals surface area contributed by atoms with Crippen LogP contribution < -0.4 is 11.3 Å². The van der Waals surface area contributed by atoms with Crippen molar-refractivity contribution in [2.24, 2.45) is 0 Å². The Hall–Kier alpha value is -1.51. The van der Waals surface area contributed by atoms with Crippen molar-refractivity contribution in [1.82, 2.24) is 14.9 Å². The van der Waals surface area contributed by atoms with E-state index in [1.165, 1.54) is 17.4 Å². The Balaban J connectivity index is 1.95. The van der Waals surface area contributed by atoms with Crippen LogP contribution >= 0.6 is 34.7 Å². The third-order valence-electron chi connectivity index (χ3n) is 2.78. The number of aromatic amines is 1. The van der Waals surface area contributed by atoms with Gasteiger partial charge in [0.15, 0.2) is 5.16 Å². The summed E-state index contributed by atoms with van der Waals surface area (Å²) in [6, 6.07) is 4.92. The van der Waals surface area contributed by atoms with Crippen LogP contribution in [0.3, 0.4) is 0 Å². The first kappa shape index (κ1) is 16.9. The molecule has 0 aliphatic heterocycles. The zero-order chi connectivity index (χ0) is 16.1. The van der Waals surface area contributed by atoms with Gasteiger partial charge < -0.3 is 15.6 Å². The van der Waals surface area contributed by atoms with Crippen molar-refractivity contribution < 1.29 is 4.79 Å². The minimum atomic E-state index is -0.331. The zero-order valence-electron chi connectivity index (χ0n) is 11.8. The van der Waals surface area contributed by atoms with Crippen LogP contribution in [0.2, 0.25) is 4.34 Å². The summed E-state index contributed by atoms with van der Waals surface area (Å²) in [6.45, 7) is 3.03. The predicted octanol–water partition coefficient (Wildman–Crippen LogP) is 2.21. The standard InChI is InChI=1S/C13H15ClN4O2S2/c1-2-18(6-8-3-4-9(14)22-8)12(20)7-21-13-16-10(15)5-11(19)17-13/h3-5H,2,6-7H2,1H3,(H3,15,16,17,19). The van der Waals surface area contributed by atoms with Crippen LogP contribution in [0, 0.1) is 0 Å². The molecule has 3 N–H and O–H groups in total. The molecule has 22 heavy (non-hydrogen) atoms. The van der Waals surface area contributed by atoms with Crippen molar-refractivity contribution in [3.05, 3.63) is 37.8 Å². The molecule has 2 aromatic rings. The number of thiophene rings is 1. The normalized spacial score (nSPS) is 10.6. The van der Waals surface area contributed by atoms with Gasteiger partial charge in [-0.1, -0.05) is 23.4 Å². The van der Waals surface area contributed by atoms with Crippen LogP contribution in [0.25, 0.3) is 0 Å². The molecule has 0 unspecified atom stereocenters. The number of rotatable bonds is 6. The maximum Gasteiger partial charge on any atom is 0.253 e. The SMILES string of the molecule is CCN(Cc1ccc(Cl)s1)C(=O)CSc1nc(N)cc(=O)[nH]1. The molecule has 118 valence electrons. The van der Waals surface area contributed by atoms with E-state index in [1.807, 2.05) is 19.1 Å². The highest BCUT2D eigenvalue weighted by molar-refractivity contribution is 7.99. The smallest absolute Gasteiger partial charge is 0.253 e. The van der Waals surface area contributed by atoms with E-state index in [0.717, 1.165) is 16.6 Å². The molecule has 0 aromatic carbocycles. The average molecular weight is 359 g/mol. The summed E-state index contributed by atoms with van der Waals surface area (Å²) in [5.41, 5.74) is 5.17. The number of thioether (sulfide) groups is 1. The van der Waals surface area contributed by atoms with Gasteiger partial charge in [-0.05, 0) is 19.1 Å². The largest absolute Gasteiger partial charge is 0.383 e. The van der Waals surface area contributed by atoms with Crippen molar-refractivity contribution in [3.63, 3.8) is 0 Å². The number of carbonyl (C=O) groups excluding carboxylic acids is 1. The monoisotopic (exact) mass is 358 g/mol. The fraction of sp³-hybridized carbons (Fsp3) is 0.308. The minimum Gasteiger partial charge on any atom is -0.383 e. The molecule has 2 rings (SSSR count). The van der Waals surface area contributed by atoms with E-state index in [9.17, 15) is 9.59 Å². The number of nitrogens with two attached hydrogens (primary N) is 1. The number of amides is 1. The van der Waals surface area contributed by atoms with Gasteiger partial charge in [-0.3, -0.25) is 9.59 Å². The highest BCUT2D eigenvalue weighted by Gasteiger charge is 2.14. The van der Waals surface area contributed by atoms with Gasteiger partial charge in [0.2, 0.25) is 5.91 Å². The highest BCUT2D eigenvalue weighted by Crippen LogP contribution is 2.23. The summed E-state index contributed by atoms with van der Waals surface area (Å²) in [6.07, 6.45) is 0. The Bertz CT molecular complexity index is 716. The number of aromatic nitrogens is 2. The van der Waals surface area contributed by atoms with Crippen molar-refractivity contribution >= 4 is 46.4 Å². The van der Waals surface area contributed by atoms with Gasteiger partial charge in [0.25, 0.3) is 5.56 Å². The fourth-order valence-electron chi connectivity index (χ4n) is 1.74. The molecule has 0 saturated carbocycles. The summed E-state index contributed by atoms with van der Waals surface area (Å²) in [5.74, 6) is 0.278. The maximum atomic E-state index is 12.3. The molecule has 9 heteroatoms. The molecule has 0 aliphatic rings. The zero-order valence-corrected chi connectivity index (χ0v) is 14.2. The summed E-state index contributed by atoms with van der Waals surface area (Å²) >= 11 is 8.51. The Morgan fingerprint density at radius 2 is 2.32 bits per heavy atom. The van der Waals surface area contributed by atoms with Crippen molar-refractivity contribution in [3.8, 4) is 0 Å². The molecule has 2 aromatic heterocycles. The van der Waals surface area contributed by atoms with Gasteiger partial charge in [-0.25, -0.2) is 4.98 Å². The summed E-state index contributed by atoms with van der Waals surface area (Å²) in [4.78, 5) is 32.8. The summed E-state index contributed by atoms with van der Waals surface area (Å²) in [5, 5.41) is 0.341. The molecule has 0 aliphatic carbocycles. The van der Waals surface area contributed by atoms with Crippen LogP contribution in [0.4, 0.5) is 5.82 Å². The first-order valence-electron chi connectivity index (χ1n) is 6.49. The first-order valence-corrected chi connectivity index (χ1v) is 8.67. The maximum absolute atomic E-state index is 12.3. The van der Waals surface area contributed by atoms with Gasteiger partial charge in [-0.2, -0.15) is 0 Å². The van der Waals surface area contributed by atoms with Gasteiger partial charge in [-0.15, -0.1) is 11.3 Å². The second-order valence-corrected chi connectivity index (χ2v) is 7.14. The molecule has 2 heterocycles. The third-order valence-corrected chi connectivity index (χ3v) is 4.86. The van der Waals surface area contributed by atoms with E-state index in [4.69, 9.17) is 17.3 Å². The first-order chi connectivity index (χ1) is 10.5. The number of nitrogens with one attached hydrogen (secondary N) is 1. The third kappa shape index (κ3) is 4.75. The second kappa shape index (κ2) is 7.66. The molecule has 0 fully saturated rings. The quantitative estimate of drug-likeness (QED) is 0.610. The number of nitrogen functional groups attached to an aromatic ring is 1. The number of hydrogen-bond donors (Lipinski definition) is 2. The number of H-pyrrole nitrogens is 1. The second-order valence-electron chi connectivity index (χ2n) is 4.38. The number of hydrogen-bond acceptors (Lipinski definition) is 6. The fourth-order valence-corrected chi connectivity index (χ4v) is 3.63. The summed E-state index contributed by atoms with van der Waals surface area (Å²) in [7, 11) is 0. The molecule has 0 saturated heterocycles. The minimum absolute atomic E-state index is 0.0397. The number of anilines is 1. The van der Waals surface area contributed by atoms with Crippen LogP contribution in [0.15, 0.2) is 28.2 Å². The van der Waals surface area contributed by atoms with E-state index >= 15 is 0 Å². The van der Waals surface area contributed by atoms with E-state index in [2.05, 4.69) is 9.97 Å². The van der Waals surface area contributed by atoms with Gasteiger partial charge >= 0.3 is 0 Å². The number of halogens is 1. The molecule has 0 radical (unpaired) electrons. The predicted molar refractivity (Wildman–Crippen MR) is 90.4 cm³/mol. The van der Waals surface area contributed by atoms with Crippen LogP contribution in [0.5, 0.6) is 0 Å². The van der Waals surface area contributed by atoms with Gasteiger partial charge in [0.1, 0.15) is 5.82 Å². The Morgan fingerprint density at radius 1 is 1.55 bits per heavy atom. The van der Waals surface area contributed by atoms with E-state index in [0.29, 0.717) is 22.6 Å². The van der Waals surface area contributed by atoms with E-state index in [1.54, 1.807) is 4.90 Å². The molecule has 1 amide bonds. The topological polar surface area (TPSA) is 92.1 Å². The average Bonchev–Trinajstić information content (AvgIpc) is 2.86. The lowest BCUT2D eigenvalue weighted by molar-refractivity contribution is -0.128. The highest BCUT2D eigenvalue weighted by atomic mass is 35.5. The van der Waals surface area contributed by atoms with Crippen molar-refractivity contribution in [1.29, 1.82) is 0 Å². The molecular weight excluding hydrogens is 344 g/mol. The Morgan fingerprint density at radius 3 is 2.91 bits per heavy atom. The van der Waals surface area contributed by atoms with Crippen LogP contribution in [-0.2, 0) is 11.3 Å². The number of nitrogens with zero attached hydrogens (tertiary/aromatic N) is 2. The van der Waals surface area contributed by atoms with Gasteiger partial charge in [0, 0.05) is 17.5 Å². The molecule has 6 nitrogen and oxygen atoms in total. The lowest BCUT2D eigenvalue weighted by Gasteiger charge is -2.19. The van der Waals surface area contributed by atoms with Crippen molar-refractivity contribution in [2.45, 2.75) is 18.6 Å². The van der Waals surface area contributed by atoms with E-state index in [-0.39, 0.29) is 23.0 Å². The molecule has 0 spiro atoms. The van der Waals surface area contributed by atoms with Crippen molar-refractivity contribution in [2.75, 3.05) is 18.0 Å². The van der Waals surface area contributed by atoms with Crippen LogP contribution in [0.1, 0.15) is 11.8 Å². The molecular formula is C13H15ClN4O2S2. The Kier molecular flexibility index (Phi) is 5.87. The Labute approximate surface area is 140 Å². The van der Waals surface area contributed by atoms with Gasteiger partial charge in [0.05, 0.1) is 16.6 Å². The number of carbonyl (C=O) groups is 1.